The molecular weight excluding hydrogens is 432 g/mol. The zero-order valence-electron chi connectivity index (χ0n) is 20.0. The third-order valence-corrected chi connectivity index (χ3v) is 7.35. The lowest BCUT2D eigenvalue weighted by Crippen LogP contribution is -2.06. The first-order valence-corrected chi connectivity index (χ1v) is 12.6. The fourth-order valence-electron chi connectivity index (χ4n) is 5.45. The molecule has 2 saturated carbocycles. The molecule has 6 N–H and O–H groups in total. The lowest BCUT2D eigenvalue weighted by atomic mass is 9.82. The Labute approximate surface area is 202 Å². The van der Waals surface area contributed by atoms with Gasteiger partial charge in [-0.15, -0.1) is 0 Å². The summed E-state index contributed by atoms with van der Waals surface area (Å²) in [4.78, 5) is 0. The van der Waals surface area contributed by atoms with Gasteiger partial charge in [-0.2, -0.15) is 0 Å². The molecule has 0 spiro atoms. The van der Waals surface area contributed by atoms with Gasteiger partial charge < -0.3 is 30.6 Å². The summed E-state index contributed by atoms with van der Waals surface area (Å²) in [6.07, 6.45) is 11.7. The topological polar surface area (TPSA) is 121 Å². The minimum atomic E-state index is -0.181. The molecule has 2 aliphatic rings. The van der Waals surface area contributed by atoms with Crippen molar-refractivity contribution in [3.05, 3.63) is 57.6 Å². The van der Waals surface area contributed by atoms with Gasteiger partial charge in [0, 0.05) is 11.1 Å². The first-order valence-electron chi connectivity index (χ1n) is 12.6. The van der Waals surface area contributed by atoms with Crippen LogP contribution in [0.4, 0.5) is 0 Å². The summed E-state index contributed by atoms with van der Waals surface area (Å²) in [6, 6.07) is 7.10. The van der Waals surface area contributed by atoms with Crippen LogP contribution in [-0.2, 0) is 26.4 Å². The van der Waals surface area contributed by atoms with Crippen LogP contribution in [-0.4, -0.2) is 30.6 Å². The van der Waals surface area contributed by atoms with Gasteiger partial charge >= 0.3 is 0 Å². The number of aliphatic hydroxyl groups is 4. The quantitative estimate of drug-likeness (QED) is 0.357. The molecule has 4 rings (SSSR count). The van der Waals surface area contributed by atoms with E-state index in [1.165, 1.54) is 38.5 Å². The molecule has 0 bridgehead atoms. The Morgan fingerprint density at radius 1 is 0.500 bits per heavy atom. The zero-order chi connectivity index (χ0) is 24.5. The molecule has 188 valence electrons. The molecule has 2 aromatic carbocycles. The maximum absolute atomic E-state index is 10.1. The highest BCUT2D eigenvalue weighted by Gasteiger charge is 2.22. The van der Waals surface area contributed by atoms with Gasteiger partial charge in [-0.25, -0.2) is 0 Å². The van der Waals surface area contributed by atoms with Crippen molar-refractivity contribution in [1.82, 2.24) is 0 Å². The van der Waals surface area contributed by atoms with Gasteiger partial charge in [-0.05, 0) is 84.0 Å². The highest BCUT2D eigenvalue weighted by atomic mass is 16.3. The molecule has 0 atom stereocenters. The van der Waals surface area contributed by atoms with Gasteiger partial charge in [0.25, 0.3) is 0 Å². The van der Waals surface area contributed by atoms with Crippen LogP contribution in [0.1, 0.15) is 109 Å². The normalized spacial score (nSPS) is 17.3. The van der Waals surface area contributed by atoms with Crippen LogP contribution in [0.5, 0.6) is 11.5 Å². The number of aromatic hydroxyl groups is 2. The minimum absolute atomic E-state index is 0.0486. The summed E-state index contributed by atoms with van der Waals surface area (Å²) < 4.78 is 0. The van der Waals surface area contributed by atoms with Gasteiger partial charge in [0.15, 0.2) is 0 Å². The fraction of sp³-hybridized carbons (Fsp3) is 0.571. The maximum atomic E-state index is 10.1. The molecule has 0 aromatic heterocycles. The molecular formula is C28H40O6. The largest absolute Gasteiger partial charge is 0.507 e. The molecule has 0 radical (unpaired) electrons. The highest BCUT2D eigenvalue weighted by Crippen LogP contribution is 2.40. The number of hydrogen-bond acceptors (Lipinski definition) is 6. The van der Waals surface area contributed by atoms with E-state index in [0.717, 1.165) is 47.9 Å². The molecule has 2 aromatic rings. The van der Waals surface area contributed by atoms with Crippen molar-refractivity contribution in [3.8, 4) is 11.5 Å². The van der Waals surface area contributed by atoms with Crippen molar-refractivity contribution in [3.63, 3.8) is 0 Å². The van der Waals surface area contributed by atoms with E-state index < -0.39 is 0 Å². The average molecular weight is 473 g/mol. The van der Waals surface area contributed by atoms with Crippen LogP contribution in [0.3, 0.4) is 0 Å². The Morgan fingerprint density at radius 3 is 1.15 bits per heavy atom. The first-order chi connectivity index (χ1) is 16.5. The third-order valence-electron chi connectivity index (χ3n) is 7.35. The van der Waals surface area contributed by atoms with Gasteiger partial charge in [-0.1, -0.05) is 38.5 Å². The van der Waals surface area contributed by atoms with E-state index in [1.54, 1.807) is 12.1 Å². The molecule has 6 heteroatoms. The summed E-state index contributed by atoms with van der Waals surface area (Å²) in [6.45, 7) is -0.460. The van der Waals surface area contributed by atoms with Gasteiger partial charge in [0.1, 0.15) is 11.5 Å². The summed E-state index contributed by atoms with van der Waals surface area (Å²) in [5.41, 5.74) is 4.40. The minimum Gasteiger partial charge on any atom is -0.507 e. The Bertz CT molecular complexity index is 838. The summed E-state index contributed by atoms with van der Waals surface area (Å²) >= 11 is 0. The second kappa shape index (κ2) is 13.1. The van der Waals surface area contributed by atoms with Crippen LogP contribution in [0.2, 0.25) is 0 Å². The lowest BCUT2D eigenvalue weighted by Gasteiger charge is -2.24. The van der Waals surface area contributed by atoms with E-state index >= 15 is 0 Å². The average Bonchev–Trinajstić information content (AvgIpc) is 2.90. The van der Waals surface area contributed by atoms with E-state index in [4.69, 9.17) is 0 Å². The number of hydrogen-bond donors (Lipinski definition) is 6. The summed E-state index contributed by atoms with van der Waals surface area (Å²) in [7, 11) is 0. The highest BCUT2D eigenvalue weighted by molar-refractivity contribution is 5.46. The molecule has 2 aliphatic carbocycles. The Kier molecular flexibility index (Phi) is 10.2. The Balaban J connectivity index is 0.000000191. The van der Waals surface area contributed by atoms with E-state index in [-0.39, 0.29) is 37.9 Å². The monoisotopic (exact) mass is 472 g/mol. The predicted molar refractivity (Wildman–Crippen MR) is 132 cm³/mol. The van der Waals surface area contributed by atoms with Gasteiger partial charge in [-0.3, -0.25) is 0 Å². The molecule has 6 nitrogen and oxygen atoms in total. The number of benzene rings is 2. The van der Waals surface area contributed by atoms with Crippen LogP contribution < -0.4 is 0 Å². The van der Waals surface area contributed by atoms with Crippen molar-refractivity contribution in [2.75, 3.05) is 0 Å². The van der Waals surface area contributed by atoms with E-state index in [0.29, 0.717) is 23.0 Å². The number of rotatable bonds is 6. The molecule has 0 saturated heterocycles. The Morgan fingerprint density at radius 2 is 0.853 bits per heavy atom. The standard InChI is InChI=1S/2C14H20O3/c2*15-8-10-6-12(9-16)14(17)13(7-10)11-4-2-1-3-5-11/h2*6-7,11,15-17H,1-5,8-9H2. The van der Waals surface area contributed by atoms with Crippen molar-refractivity contribution >= 4 is 0 Å². The van der Waals surface area contributed by atoms with Crippen LogP contribution in [0.25, 0.3) is 0 Å². The van der Waals surface area contributed by atoms with Crippen molar-refractivity contribution in [1.29, 1.82) is 0 Å². The summed E-state index contributed by atoms with van der Waals surface area (Å²) in [5, 5.41) is 57.1. The fourth-order valence-corrected chi connectivity index (χ4v) is 5.45. The first kappa shape index (κ1) is 26.5. The zero-order valence-corrected chi connectivity index (χ0v) is 20.0. The Hall–Kier alpha value is -2.12. The van der Waals surface area contributed by atoms with E-state index in [1.807, 2.05) is 12.1 Å². The third kappa shape index (κ3) is 6.51. The van der Waals surface area contributed by atoms with Crippen molar-refractivity contribution < 1.29 is 30.6 Å². The van der Waals surface area contributed by atoms with Crippen LogP contribution >= 0.6 is 0 Å². The number of aliphatic hydroxyl groups excluding tert-OH is 4. The lowest BCUT2D eigenvalue weighted by molar-refractivity contribution is 0.268. The van der Waals surface area contributed by atoms with E-state index in [2.05, 4.69) is 0 Å². The molecule has 0 unspecified atom stereocenters. The van der Waals surface area contributed by atoms with Gasteiger partial charge in [0.2, 0.25) is 0 Å². The SMILES string of the molecule is OCc1cc(CO)c(O)c(C2CCCCC2)c1.OCc1cc(CO)c(O)c(C2CCCCC2)c1. The number of phenols is 2. The molecule has 2 fully saturated rings. The maximum Gasteiger partial charge on any atom is 0.124 e. The predicted octanol–water partition coefficient (Wildman–Crippen LogP) is 4.85. The molecule has 0 aliphatic heterocycles. The molecule has 34 heavy (non-hydrogen) atoms. The van der Waals surface area contributed by atoms with Crippen LogP contribution in [0.15, 0.2) is 24.3 Å². The summed E-state index contributed by atoms with van der Waals surface area (Å²) in [5.74, 6) is 1.19. The smallest absolute Gasteiger partial charge is 0.124 e. The van der Waals surface area contributed by atoms with Crippen LogP contribution in [0, 0.1) is 0 Å². The molecule has 0 amide bonds. The van der Waals surface area contributed by atoms with E-state index in [9.17, 15) is 30.6 Å². The van der Waals surface area contributed by atoms with Crippen molar-refractivity contribution in [2.24, 2.45) is 0 Å². The van der Waals surface area contributed by atoms with Crippen molar-refractivity contribution in [2.45, 2.75) is 102 Å². The second-order valence-electron chi connectivity index (χ2n) is 9.69. The van der Waals surface area contributed by atoms with Gasteiger partial charge in [0.05, 0.1) is 26.4 Å². The second-order valence-corrected chi connectivity index (χ2v) is 9.69. The molecule has 0 heterocycles.